The molecule has 1 amide bonds. The fourth-order valence-electron chi connectivity index (χ4n) is 3.47. The van der Waals surface area contributed by atoms with E-state index in [1.54, 1.807) is 30.2 Å². The van der Waals surface area contributed by atoms with Crippen LogP contribution in [-0.2, 0) is 6.54 Å². The Balaban J connectivity index is 1.75. The summed E-state index contributed by atoms with van der Waals surface area (Å²) in [5.74, 6) is 1.75. The summed E-state index contributed by atoms with van der Waals surface area (Å²) in [4.78, 5) is 20.2. The zero-order valence-corrected chi connectivity index (χ0v) is 19.7. The van der Waals surface area contributed by atoms with Crippen LogP contribution in [0.2, 0.25) is 0 Å². The van der Waals surface area contributed by atoms with Gasteiger partial charge in [-0.3, -0.25) is 9.69 Å². The number of hydrogen-bond acceptors (Lipinski definition) is 6. The monoisotopic (exact) mass is 462 g/mol. The summed E-state index contributed by atoms with van der Waals surface area (Å²) in [6.07, 6.45) is 0. The van der Waals surface area contributed by atoms with Crippen molar-refractivity contribution in [3.05, 3.63) is 77.9 Å². The largest absolute Gasteiger partial charge is 0.497 e. The Labute approximate surface area is 197 Å². The topological polar surface area (TPSA) is 60.9 Å². The van der Waals surface area contributed by atoms with Crippen LogP contribution in [0.3, 0.4) is 0 Å². The van der Waals surface area contributed by atoms with E-state index < -0.39 is 0 Å². The molecule has 0 aliphatic rings. The van der Waals surface area contributed by atoms with Crippen molar-refractivity contribution in [3.8, 4) is 17.2 Å². The Morgan fingerprint density at radius 3 is 2.42 bits per heavy atom. The highest BCUT2D eigenvalue weighted by atomic mass is 32.1. The number of amides is 1. The molecule has 0 saturated carbocycles. The Morgan fingerprint density at radius 1 is 0.939 bits per heavy atom. The number of nitrogens with zero attached hydrogens (tertiary/aromatic N) is 2. The SMILES string of the molecule is CCOc1ccc(C(=O)N(Cc2ccccc2)c2nc3cc(OC)ccc3s2)cc1OCC. The maximum atomic E-state index is 13.7. The smallest absolute Gasteiger partial charge is 0.260 e. The number of aromatic nitrogens is 1. The molecular weight excluding hydrogens is 436 g/mol. The second-order valence-corrected chi connectivity index (χ2v) is 8.24. The lowest BCUT2D eigenvalue weighted by atomic mass is 10.1. The highest BCUT2D eigenvalue weighted by molar-refractivity contribution is 7.22. The molecule has 1 aromatic heterocycles. The number of fused-ring (bicyclic) bond motifs is 1. The second-order valence-electron chi connectivity index (χ2n) is 7.23. The predicted octanol–water partition coefficient (Wildman–Crippen LogP) is 5.95. The quantitative estimate of drug-likeness (QED) is 0.308. The minimum absolute atomic E-state index is 0.158. The average Bonchev–Trinajstić information content (AvgIpc) is 3.27. The molecular formula is C26H26N2O4S. The Kier molecular flexibility index (Phi) is 7.10. The minimum atomic E-state index is -0.158. The van der Waals surface area contributed by atoms with Crippen LogP contribution in [0.25, 0.3) is 10.2 Å². The number of rotatable bonds is 9. The van der Waals surface area contributed by atoms with Gasteiger partial charge in [0.15, 0.2) is 16.6 Å². The molecule has 0 saturated heterocycles. The van der Waals surface area contributed by atoms with Crippen LogP contribution in [0.5, 0.6) is 17.2 Å². The van der Waals surface area contributed by atoms with Crippen molar-refractivity contribution in [3.63, 3.8) is 0 Å². The lowest BCUT2D eigenvalue weighted by molar-refractivity contribution is 0.0984. The van der Waals surface area contributed by atoms with Gasteiger partial charge >= 0.3 is 0 Å². The fourth-order valence-corrected chi connectivity index (χ4v) is 4.41. The number of hydrogen-bond donors (Lipinski definition) is 0. The molecule has 4 aromatic rings. The zero-order valence-electron chi connectivity index (χ0n) is 18.9. The van der Waals surface area contributed by atoms with Crippen molar-refractivity contribution in [1.29, 1.82) is 0 Å². The summed E-state index contributed by atoms with van der Waals surface area (Å²) in [6, 6.07) is 20.9. The predicted molar refractivity (Wildman–Crippen MR) is 132 cm³/mol. The van der Waals surface area contributed by atoms with E-state index >= 15 is 0 Å². The van der Waals surface area contributed by atoms with Crippen LogP contribution < -0.4 is 19.1 Å². The number of ether oxygens (including phenoxy) is 3. The van der Waals surface area contributed by atoms with Crippen LogP contribution in [-0.4, -0.2) is 31.2 Å². The molecule has 6 nitrogen and oxygen atoms in total. The number of carbonyl (C=O) groups excluding carboxylic acids is 1. The van der Waals surface area contributed by atoms with E-state index in [1.807, 2.05) is 62.4 Å². The molecule has 0 fully saturated rings. The lowest BCUT2D eigenvalue weighted by Gasteiger charge is -2.21. The molecule has 0 spiro atoms. The zero-order chi connectivity index (χ0) is 23.2. The highest BCUT2D eigenvalue weighted by Crippen LogP contribution is 2.34. The van der Waals surface area contributed by atoms with E-state index in [1.165, 1.54) is 11.3 Å². The highest BCUT2D eigenvalue weighted by Gasteiger charge is 2.23. The van der Waals surface area contributed by atoms with E-state index in [0.29, 0.717) is 42.0 Å². The van der Waals surface area contributed by atoms with Crippen LogP contribution >= 0.6 is 11.3 Å². The van der Waals surface area contributed by atoms with Gasteiger partial charge in [-0.1, -0.05) is 41.7 Å². The van der Waals surface area contributed by atoms with Crippen LogP contribution in [0.15, 0.2) is 66.7 Å². The molecule has 0 aliphatic carbocycles. The molecule has 1 heterocycles. The van der Waals surface area contributed by atoms with Crippen LogP contribution in [0, 0.1) is 0 Å². The molecule has 7 heteroatoms. The lowest BCUT2D eigenvalue weighted by Crippen LogP contribution is -2.30. The average molecular weight is 463 g/mol. The van der Waals surface area contributed by atoms with E-state index in [0.717, 1.165) is 21.5 Å². The molecule has 0 unspecified atom stereocenters. The summed E-state index contributed by atoms with van der Waals surface area (Å²) < 4.78 is 17.7. The first kappa shape index (κ1) is 22.6. The standard InChI is InChI=1S/C26H26N2O4S/c1-4-31-22-13-11-19(15-23(22)32-5-2)25(29)28(17-18-9-7-6-8-10-18)26-27-21-16-20(30-3)12-14-24(21)33-26/h6-16H,4-5,17H2,1-3H3. The van der Waals surface area contributed by atoms with Gasteiger partial charge in [0.05, 0.1) is 37.1 Å². The van der Waals surface area contributed by atoms with Crippen molar-refractivity contribution < 1.29 is 19.0 Å². The first-order valence-corrected chi connectivity index (χ1v) is 11.6. The van der Waals surface area contributed by atoms with E-state index in [-0.39, 0.29) is 5.91 Å². The maximum Gasteiger partial charge on any atom is 0.260 e. The summed E-state index contributed by atoms with van der Waals surface area (Å²) in [5, 5.41) is 0.624. The minimum Gasteiger partial charge on any atom is -0.497 e. The van der Waals surface area contributed by atoms with E-state index in [9.17, 15) is 4.79 Å². The molecule has 170 valence electrons. The Morgan fingerprint density at radius 2 is 1.70 bits per heavy atom. The van der Waals surface area contributed by atoms with Crippen molar-refractivity contribution in [1.82, 2.24) is 4.98 Å². The van der Waals surface area contributed by atoms with Crippen molar-refractivity contribution in [2.75, 3.05) is 25.2 Å². The van der Waals surface area contributed by atoms with Crippen molar-refractivity contribution in [2.45, 2.75) is 20.4 Å². The molecule has 0 atom stereocenters. The molecule has 0 radical (unpaired) electrons. The number of thiazole rings is 1. The van der Waals surface area contributed by atoms with Crippen molar-refractivity contribution in [2.24, 2.45) is 0 Å². The third-order valence-corrected chi connectivity index (χ3v) is 6.09. The summed E-state index contributed by atoms with van der Waals surface area (Å²) in [5.41, 5.74) is 2.32. The Hall–Kier alpha value is -3.58. The van der Waals surface area contributed by atoms with E-state index in [4.69, 9.17) is 19.2 Å². The second kappa shape index (κ2) is 10.4. The van der Waals surface area contributed by atoms with Gasteiger partial charge in [0, 0.05) is 11.6 Å². The summed E-state index contributed by atoms with van der Waals surface area (Å²) >= 11 is 1.48. The van der Waals surface area contributed by atoms with Gasteiger partial charge in [-0.25, -0.2) is 4.98 Å². The molecule has 33 heavy (non-hydrogen) atoms. The van der Waals surface area contributed by atoms with Crippen LogP contribution in [0.4, 0.5) is 5.13 Å². The normalized spacial score (nSPS) is 10.8. The maximum absolute atomic E-state index is 13.7. The van der Waals surface area contributed by atoms with E-state index in [2.05, 4.69) is 0 Å². The van der Waals surface area contributed by atoms with Gasteiger partial charge in [-0.05, 0) is 49.7 Å². The van der Waals surface area contributed by atoms with Crippen LogP contribution in [0.1, 0.15) is 29.8 Å². The fraction of sp³-hybridized carbons (Fsp3) is 0.231. The summed E-state index contributed by atoms with van der Waals surface area (Å²) in [7, 11) is 1.63. The third-order valence-electron chi connectivity index (χ3n) is 5.03. The number of carbonyl (C=O) groups is 1. The Bertz CT molecular complexity index is 1240. The van der Waals surface area contributed by atoms with Gasteiger partial charge in [0.25, 0.3) is 5.91 Å². The number of methoxy groups -OCH3 is 1. The number of benzene rings is 3. The molecule has 3 aromatic carbocycles. The van der Waals surface area contributed by atoms with Crippen molar-refractivity contribution >= 4 is 32.6 Å². The first-order valence-electron chi connectivity index (χ1n) is 10.8. The van der Waals surface area contributed by atoms with Gasteiger partial charge in [0.1, 0.15) is 5.75 Å². The third kappa shape index (κ3) is 5.09. The number of anilines is 1. The van der Waals surface area contributed by atoms with Gasteiger partial charge in [-0.15, -0.1) is 0 Å². The first-order chi connectivity index (χ1) is 16.1. The molecule has 4 rings (SSSR count). The molecule has 0 bridgehead atoms. The summed E-state index contributed by atoms with van der Waals surface area (Å²) in [6.45, 7) is 5.21. The van der Waals surface area contributed by atoms with Gasteiger partial charge in [0.2, 0.25) is 0 Å². The van der Waals surface area contributed by atoms with Gasteiger partial charge < -0.3 is 14.2 Å². The molecule has 0 N–H and O–H groups in total. The molecule has 0 aliphatic heterocycles. The van der Waals surface area contributed by atoms with Gasteiger partial charge in [-0.2, -0.15) is 0 Å².